The van der Waals surface area contributed by atoms with Gasteiger partial charge in [-0.25, -0.2) is 9.97 Å². The van der Waals surface area contributed by atoms with Crippen molar-refractivity contribution in [3.63, 3.8) is 0 Å². The van der Waals surface area contributed by atoms with Gasteiger partial charge in [0.2, 0.25) is 23.6 Å². The third-order valence-corrected chi connectivity index (χ3v) is 10.3. The fourth-order valence-corrected chi connectivity index (χ4v) is 7.00. The number of likely N-dealkylation sites (N-methyl/N-ethyl adjacent to an activating group) is 1. The number of rotatable bonds is 15. The van der Waals surface area contributed by atoms with Crippen LogP contribution in [0.25, 0.3) is 22.5 Å². The van der Waals surface area contributed by atoms with Crippen molar-refractivity contribution in [2.75, 3.05) is 46.4 Å². The maximum Gasteiger partial charge on any atom is 0.416 e. The van der Waals surface area contributed by atoms with Gasteiger partial charge in [0, 0.05) is 49.4 Å². The van der Waals surface area contributed by atoms with Crippen LogP contribution in [0.2, 0.25) is 0 Å². The third kappa shape index (κ3) is 12.1. The Hall–Kier alpha value is -7.15. The third-order valence-electron chi connectivity index (χ3n) is 10.3. The van der Waals surface area contributed by atoms with Crippen molar-refractivity contribution < 1.29 is 46.6 Å². The summed E-state index contributed by atoms with van der Waals surface area (Å²) in [6.45, 7) is 3.01. The number of carbonyl (C=O) groups excluding carboxylic acids is 5. The van der Waals surface area contributed by atoms with Crippen molar-refractivity contribution in [2.24, 2.45) is 17.2 Å². The molecular formula is C44H50F3N11O7. The van der Waals surface area contributed by atoms with Gasteiger partial charge in [-0.05, 0) is 74.3 Å². The second-order valence-corrected chi connectivity index (χ2v) is 15.0. The van der Waals surface area contributed by atoms with Gasteiger partial charge in [0.05, 0.1) is 22.9 Å². The van der Waals surface area contributed by atoms with Crippen LogP contribution in [0.1, 0.15) is 52.1 Å². The monoisotopic (exact) mass is 901 g/mol. The van der Waals surface area contributed by atoms with Gasteiger partial charge in [0.25, 0.3) is 5.91 Å². The summed E-state index contributed by atoms with van der Waals surface area (Å²) in [4.78, 5) is 79.4. The van der Waals surface area contributed by atoms with Crippen LogP contribution in [-0.2, 0) is 31.8 Å². The first-order valence-corrected chi connectivity index (χ1v) is 20.5. The highest BCUT2D eigenvalue weighted by Crippen LogP contribution is 2.40. The molecule has 10 N–H and O–H groups in total. The summed E-state index contributed by atoms with van der Waals surface area (Å²) in [7, 11) is 1.34. The van der Waals surface area contributed by atoms with E-state index in [0.29, 0.717) is 28.2 Å². The molecule has 4 bridgehead atoms. The predicted octanol–water partition coefficient (Wildman–Crippen LogP) is 1.65. The molecule has 5 amide bonds. The van der Waals surface area contributed by atoms with Crippen LogP contribution < -0.4 is 47.9 Å². The highest BCUT2D eigenvalue weighted by molar-refractivity contribution is 6.00. The molecule has 0 radical (unpaired) electrons. The molecule has 2 heterocycles. The van der Waals surface area contributed by atoms with Crippen molar-refractivity contribution in [1.82, 2.24) is 36.1 Å². The standard InChI is InChI=1S/C44H50F3N11O7/c1-24-32(23-53-38(54-24)27-5-8-29(9-6-27)44(45,46)47)40(60)56-33(12-13-48)43(63)58(3)37-28-7-11-36(65-19-16-51)31(22-28)30-20-26(4-10-35(30)64-18-15-50)21-34(41(61)52-17-14-49)57-39(59)25(2)55-42(37)62/h4-11,20,22-23,25,33-34,37H,12-13,15-19,21,48,50-51H2,1-3H3,(H,52,61)(H,55,62)(H,56,60)(H,57,59)/t25-,33-,34-,37-/m0/s1. The average molecular weight is 902 g/mol. The lowest BCUT2D eigenvalue weighted by molar-refractivity contribution is -0.141. The molecule has 18 nitrogen and oxygen atoms in total. The quantitative estimate of drug-likeness (QED) is 0.0837. The largest absolute Gasteiger partial charge is 0.492 e. The maximum absolute atomic E-state index is 14.6. The molecule has 5 rings (SSSR count). The number of nitrogens with zero attached hydrogens (tertiary/aromatic N) is 4. The summed E-state index contributed by atoms with van der Waals surface area (Å²) >= 11 is 0. The zero-order chi connectivity index (χ0) is 47.4. The molecule has 4 atom stereocenters. The molecule has 344 valence electrons. The minimum atomic E-state index is -4.54. The van der Waals surface area contributed by atoms with E-state index in [1.54, 1.807) is 36.4 Å². The number of hydrogen-bond acceptors (Lipinski definition) is 13. The second-order valence-electron chi connectivity index (χ2n) is 15.0. The molecule has 0 saturated heterocycles. The Morgan fingerprint density at radius 1 is 0.938 bits per heavy atom. The Morgan fingerprint density at radius 3 is 2.18 bits per heavy atom. The normalized spacial score (nSPS) is 16.7. The van der Waals surface area contributed by atoms with Gasteiger partial charge in [-0.2, -0.15) is 18.4 Å². The first-order valence-electron chi connectivity index (χ1n) is 20.5. The number of aromatic nitrogens is 2. The first-order chi connectivity index (χ1) is 31.0. The SMILES string of the molecule is Cc1nc(-c2ccc(C(F)(F)F)cc2)ncc1C(=O)N[C@@H](CCN)C(=O)N(C)[C@@H]1C(=O)N[C@@H](C)C(=O)N[C@H](C(=O)NCC#N)Cc2ccc(OCCN)c(c2)-c2cc1ccc2OCCN. The van der Waals surface area contributed by atoms with Crippen LogP contribution in [0, 0.1) is 18.3 Å². The number of amides is 5. The summed E-state index contributed by atoms with van der Waals surface area (Å²) in [5.41, 5.74) is 18.7. The smallest absolute Gasteiger partial charge is 0.416 e. The molecule has 0 fully saturated rings. The molecule has 0 spiro atoms. The van der Waals surface area contributed by atoms with Gasteiger partial charge in [-0.1, -0.05) is 24.3 Å². The van der Waals surface area contributed by atoms with Crippen LogP contribution in [0.3, 0.4) is 0 Å². The molecule has 21 heteroatoms. The van der Waals surface area contributed by atoms with E-state index in [1.807, 2.05) is 6.07 Å². The number of nitriles is 1. The van der Waals surface area contributed by atoms with Gasteiger partial charge in [-0.3, -0.25) is 24.0 Å². The number of carbonyl (C=O) groups is 5. The zero-order valence-electron chi connectivity index (χ0n) is 35.8. The van der Waals surface area contributed by atoms with Gasteiger partial charge in [0.1, 0.15) is 55.4 Å². The number of benzene rings is 3. The molecule has 0 unspecified atom stereocenters. The lowest BCUT2D eigenvalue weighted by Gasteiger charge is -2.32. The fourth-order valence-electron chi connectivity index (χ4n) is 7.00. The zero-order valence-corrected chi connectivity index (χ0v) is 35.8. The Morgan fingerprint density at radius 2 is 1.58 bits per heavy atom. The van der Waals surface area contributed by atoms with Crippen LogP contribution in [0.4, 0.5) is 13.2 Å². The molecule has 0 saturated carbocycles. The van der Waals surface area contributed by atoms with Gasteiger partial charge in [0.15, 0.2) is 5.82 Å². The summed E-state index contributed by atoms with van der Waals surface area (Å²) in [5, 5.41) is 19.6. The predicted molar refractivity (Wildman–Crippen MR) is 230 cm³/mol. The molecule has 0 aliphatic carbocycles. The van der Waals surface area contributed by atoms with E-state index >= 15 is 0 Å². The molecule has 3 aromatic carbocycles. The summed E-state index contributed by atoms with van der Waals surface area (Å²) in [6.07, 6.45) is -3.48. The topological polar surface area (TPSA) is 283 Å². The molecule has 1 aliphatic rings. The lowest BCUT2D eigenvalue weighted by atomic mass is 9.93. The lowest BCUT2D eigenvalue weighted by Crippen LogP contribution is -2.56. The Labute approximate surface area is 372 Å². The Bertz CT molecular complexity index is 2430. The minimum Gasteiger partial charge on any atom is -0.492 e. The van der Waals surface area contributed by atoms with Crippen molar-refractivity contribution in [3.8, 4) is 40.1 Å². The van der Waals surface area contributed by atoms with Crippen LogP contribution >= 0.6 is 0 Å². The van der Waals surface area contributed by atoms with Crippen LogP contribution in [0.15, 0.2) is 66.9 Å². The number of alkyl halides is 3. The highest BCUT2D eigenvalue weighted by Gasteiger charge is 2.36. The molecule has 4 aromatic rings. The van der Waals surface area contributed by atoms with Crippen molar-refractivity contribution >= 4 is 29.5 Å². The Balaban J connectivity index is 1.55. The highest BCUT2D eigenvalue weighted by atomic mass is 19.4. The summed E-state index contributed by atoms with van der Waals surface area (Å²) in [6, 6.07) is 10.7. The van der Waals surface area contributed by atoms with Crippen molar-refractivity contribution in [1.29, 1.82) is 5.26 Å². The molecular weight excluding hydrogens is 852 g/mol. The van der Waals surface area contributed by atoms with E-state index in [4.69, 9.17) is 31.9 Å². The minimum absolute atomic E-state index is 0.0322. The van der Waals surface area contributed by atoms with E-state index < -0.39 is 65.4 Å². The maximum atomic E-state index is 14.6. The Kier molecular flexibility index (Phi) is 16.5. The molecule has 1 aliphatic heterocycles. The number of halogens is 3. The van der Waals surface area contributed by atoms with E-state index in [9.17, 15) is 37.1 Å². The number of nitrogens with one attached hydrogen (secondary N) is 4. The number of fused-ring (bicyclic) bond motifs is 5. The van der Waals surface area contributed by atoms with E-state index in [-0.39, 0.29) is 80.4 Å². The first kappa shape index (κ1) is 48.9. The van der Waals surface area contributed by atoms with Crippen LogP contribution in [0.5, 0.6) is 11.5 Å². The van der Waals surface area contributed by atoms with Crippen LogP contribution in [-0.4, -0.2) is 109 Å². The second kappa shape index (κ2) is 22.0. The molecule has 1 aromatic heterocycles. The fraction of sp³-hybridized carbons (Fsp3) is 0.364. The number of nitrogens with two attached hydrogens (primary N) is 3. The van der Waals surface area contributed by atoms with E-state index in [1.165, 1.54) is 39.2 Å². The van der Waals surface area contributed by atoms with E-state index in [0.717, 1.165) is 17.0 Å². The van der Waals surface area contributed by atoms with Gasteiger partial charge >= 0.3 is 6.18 Å². The summed E-state index contributed by atoms with van der Waals surface area (Å²) < 4.78 is 51.5. The summed E-state index contributed by atoms with van der Waals surface area (Å²) in [5.74, 6) is -3.00. The van der Waals surface area contributed by atoms with Gasteiger partial charge < -0.3 is 52.8 Å². The van der Waals surface area contributed by atoms with Gasteiger partial charge in [-0.15, -0.1) is 0 Å². The van der Waals surface area contributed by atoms with E-state index in [2.05, 4.69) is 31.2 Å². The van der Waals surface area contributed by atoms with Crippen molar-refractivity contribution in [2.45, 2.75) is 57.0 Å². The average Bonchev–Trinajstić information content (AvgIpc) is 3.28. The number of hydrogen-bond donors (Lipinski definition) is 7. The number of aryl methyl sites for hydroxylation is 1. The number of ether oxygens (including phenoxy) is 2. The van der Waals surface area contributed by atoms with Crippen molar-refractivity contribution in [3.05, 3.63) is 94.8 Å². The molecule has 65 heavy (non-hydrogen) atoms.